The molecule has 2 aromatic carbocycles. The molecule has 0 spiro atoms. The van der Waals surface area contributed by atoms with Gasteiger partial charge in [-0.2, -0.15) is 0 Å². The number of carbonyl (C=O) groups excluding carboxylic acids is 3. The van der Waals surface area contributed by atoms with Crippen molar-refractivity contribution in [2.24, 2.45) is 0 Å². The van der Waals surface area contributed by atoms with Crippen molar-refractivity contribution in [1.82, 2.24) is 9.03 Å². The molecule has 4 rings (SSSR count). The van der Waals surface area contributed by atoms with Gasteiger partial charge >= 0.3 is 5.97 Å². The molecule has 0 fully saturated rings. The van der Waals surface area contributed by atoms with Crippen molar-refractivity contribution in [2.45, 2.75) is 56.7 Å². The highest BCUT2D eigenvalue weighted by molar-refractivity contribution is 9.10. The van der Waals surface area contributed by atoms with Gasteiger partial charge in [-0.1, -0.05) is 25.4 Å². The fraction of sp³-hybridized carbons (Fsp3) is 0.531. The van der Waals surface area contributed by atoms with Gasteiger partial charge in [0.05, 0.1) is 31.8 Å². The van der Waals surface area contributed by atoms with Crippen molar-refractivity contribution >= 4 is 80.6 Å². The molecule has 0 atom stereocenters. The minimum Gasteiger partial charge on any atom is -0.469 e. The zero-order valence-electron chi connectivity index (χ0n) is 27.7. The molecule has 0 aliphatic carbocycles. The molecule has 0 bridgehead atoms. The first-order valence-electron chi connectivity index (χ1n) is 15.2. The molecule has 1 N–H and O–H groups in total. The Morgan fingerprint density at radius 2 is 1.41 bits per heavy atom. The van der Waals surface area contributed by atoms with Crippen molar-refractivity contribution in [3.8, 4) is 0 Å². The number of hydrogen-bond donors (Lipinski definition) is 1. The van der Waals surface area contributed by atoms with Gasteiger partial charge in [0.1, 0.15) is 0 Å². The number of nitrogens with zero attached hydrogens (tertiary/aromatic N) is 3. The van der Waals surface area contributed by atoms with E-state index in [1.807, 2.05) is 30.9 Å². The minimum absolute atomic E-state index is 0.0330. The number of benzene rings is 2. The van der Waals surface area contributed by atoms with Crippen LogP contribution < -0.4 is 14.5 Å². The first-order chi connectivity index (χ1) is 22.1. The molecule has 256 valence electrons. The summed E-state index contributed by atoms with van der Waals surface area (Å²) in [6.07, 6.45) is 2.04. The van der Waals surface area contributed by atoms with Crippen LogP contribution in [0, 0.1) is 0 Å². The summed E-state index contributed by atoms with van der Waals surface area (Å²) in [5.41, 5.74) is 4.26. The lowest BCUT2D eigenvalue weighted by molar-refractivity contribution is -0.140. The summed E-state index contributed by atoms with van der Waals surface area (Å²) >= 11 is 12.9. The van der Waals surface area contributed by atoms with Crippen molar-refractivity contribution < 1.29 is 28.6 Å². The second kappa shape index (κ2) is 21.2. The fourth-order valence-electron chi connectivity index (χ4n) is 4.69. The van der Waals surface area contributed by atoms with Gasteiger partial charge in [0.2, 0.25) is 11.8 Å². The third kappa shape index (κ3) is 12.0. The number of fused-ring (bicyclic) bond motifs is 2. The predicted octanol–water partition coefficient (Wildman–Crippen LogP) is 6.40. The van der Waals surface area contributed by atoms with Crippen LogP contribution in [0.5, 0.6) is 0 Å². The molecule has 0 saturated carbocycles. The van der Waals surface area contributed by atoms with E-state index in [-0.39, 0.29) is 17.8 Å². The van der Waals surface area contributed by atoms with E-state index in [4.69, 9.17) is 21.1 Å². The first kappa shape index (κ1) is 40.3. The van der Waals surface area contributed by atoms with E-state index in [1.54, 1.807) is 44.9 Å². The average molecular weight is 762 g/mol. The molecular formula is C32H46BrClN4O6S2. The number of halogens is 2. The van der Waals surface area contributed by atoms with Crippen LogP contribution in [0.4, 0.5) is 11.4 Å². The summed E-state index contributed by atoms with van der Waals surface area (Å²) in [5, 5.41) is 0.648. The number of anilines is 2. The van der Waals surface area contributed by atoms with E-state index in [2.05, 4.69) is 41.8 Å². The summed E-state index contributed by atoms with van der Waals surface area (Å²) in [6.45, 7) is 12.1. The van der Waals surface area contributed by atoms with Gasteiger partial charge in [0.25, 0.3) is 0 Å². The molecule has 0 radical (unpaired) electrons. The monoisotopic (exact) mass is 760 g/mol. The number of nitrogens with one attached hydrogen (secondary N) is 1. The lowest BCUT2D eigenvalue weighted by Gasteiger charge is -2.22. The molecular weight excluding hydrogens is 716 g/mol. The molecule has 10 nitrogen and oxygen atoms in total. The van der Waals surface area contributed by atoms with E-state index < -0.39 is 0 Å². The molecule has 2 aliphatic heterocycles. The number of esters is 1. The highest BCUT2D eigenvalue weighted by Gasteiger charge is 2.25. The molecule has 0 unspecified atom stereocenters. The number of carbonyl (C=O) groups is 3. The second-order valence-corrected chi connectivity index (χ2v) is 13.3. The van der Waals surface area contributed by atoms with Crippen LogP contribution >= 0.6 is 51.4 Å². The number of amides is 2. The van der Waals surface area contributed by atoms with Crippen LogP contribution in [0.1, 0.15) is 45.2 Å². The topological polar surface area (TPSA) is 101 Å². The van der Waals surface area contributed by atoms with Crippen LogP contribution in [0.15, 0.2) is 38.5 Å². The highest BCUT2D eigenvalue weighted by atomic mass is 79.9. The summed E-state index contributed by atoms with van der Waals surface area (Å²) in [5.74, 6) is -0.130. The number of rotatable bonds is 13. The third-order valence-corrected chi connectivity index (χ3v) is 10.4. The van der Waals surface area contributed by atoms with Crippen LogP contribution in [-0.4, -0.2) is 89.4 Å². The summed E-state index contributed by atoms with van der Waals surface area (Å²) in [4.78, 5) is 39.9. The molecule has 2 aromatic rings. The van der Waals surface area contributed by atoms with Gasteiger partial charge in [0.15, 0.2) is 0 Å². The van der Waals surface area contributed by atoms with E-state index >= 15 is 0 Å². The lowest BCUT2D eigenvalue weighted by atomic mass is 10.2. The minimum atomic E-state index is -0.258. The molecule has 0 aromatic heterocycles. The zero-order chi connectivity index (χ0) is 34.2. The summed E-state index contributed by atoms with van der Waals surface area (Å²) in [6, 6.07) is 8.06. The highest BCUT2D eigenvalue weighted by Crippen LogP contribution is 2.39. The summed E-state index contributed by atoms with van der Waals surface area (Å²) in [7, 11) is 4.77. The normalized spacial score (nSPS) is 13.0. The Bertz CT molecular complexity index is 1310. The van der Waals surface area contributed by atoms with Crippen molar-refractivity contribution in [3.63, 3.8) is 0 Å². The average Bonchev–Trinajstić information content (AvgIpc) is 3.65. The quantitative estimate of drug-likeness (QED) is 0.140. The van der Waals surface area contributed by atoms with E-state index in [1.165, 1.54) is 24.6 Å². The Morgan fingerprint density at radius 1 is 0.891 bits per heavy atom. The number of methoxy groups -OCH3 is 3. The van der Waals surface area contributed by atoms with Crippen LogP contribution in [-0.2, 0) is 41.4 Å². The lowest BCUT2D eigenvalue weighted by Crippen LogP contribution is -2.26. The van der Waals surface area contributed by atoms with Gasteiger partial charge in [-0.15, -0.1) is 0 Å². The van der Waals surface area contributed by atoms with Crippen LogP contribution in [0.25, 0.3) is 0 Å². The van der Waals surface area contributed by atoms with Gasteiger partial charge in [-0.25, -0.2) is 4.31 Å². The maximum Gasteiger partial charge on any atom is 0.306 e. The molecule has 0 saturated heterocycles. The Kier molecular flexibility index (Phi) is 18.6. The Balaban J connectivity index is 0.000000305. The first-order valence-corrected chi connectivity index (χ1v) is 17.9. The van der Waals surface area contributed by atoms with E-state index in [9.17, 15) is 14.4 Å². The van der Waals surface area contributed by atoms with Crippen molar-refractivity contribution in [1.29, 1.82) is 0 Å². The zero-order valence-corrected chi connectivity index (χ0v) is 31.7. The van der Waals surface area contributed by atoms with Crippen molar-refractivity contribution in [3.05, 3.63) is 44.9 Å². The molecule has 14 heteroatoms. The van der Waals surface area contributed by atoms with Gasteiger partial charge < -0.3 is 24.0 Å². The molecule has 2 heterocycles. The number of hydrogen-bond acceptors (Lipinski definition) is 10. The van der Waals surface area contributed by atoms with Crippen LogP contribution in [0.3, 0.4) is 0 Å². The standard InChI is InChI=1S/C16H23BrN2O3S.C14H17ClN2O3S.C2H6/c1-12(20)19-5-4-13-10-14(17)16(11-15(13)19)23-18(6-8-21-2)7-9-22-3;1-9(18)17-6-4-10-7-11(15)13(8-12(10)17)21-16-5-3-14(19)20-2;1-2/h10-11H,4-9H2,1-3H3;7-8,16H,3-6H2,1-2H3;1-2H3. The van der Waals surface area contributed by atoms with Crippen molar-refractivity contribution in [2.75, 3.05) is 77.1 Å². The Morgan fingerprint density at radius 3 is 1.91 bits per heavy atom. The summed E-state index contributed by atoms with van der Waals surface area (Å²) < 4.78 is 21.3. The second-order valence-electron chi connectivity index (χ2n) is 9.99. The Labute approximate surface area is 295 Å². The predicted molar refractivity (Wildman–Crippen MR) is 192 cm³/mol. The molecule has 2 amide bonds. The van der Waals surface area contributed by atoms with E-state index in [0.29, 0.717) is 37.7 Å². The van der Waals surface area contributed by atoms with Gasteiger partial charge in [0, 0.05) is 86.4 Å². The smallest absolute Gasteiger partial charge is 0.306 e. The third-order valence-electron chi connectivity index (χ3n) is 6.98. The molecule has 2 aliphatic rings. The van der Waals surface area contributed by atoms with Crippen LogP contribution in [0.2, 0.25) is 5.02 Å². The fourth-order valence-corrected chi connectivity index (χ4v) is 7.21. The van der Waals surface area contributed by atoms with Gasteiger partial charge in [-0.05, 0) is 88.1 Å². The largest absolute Gasteiger partial charge is 0.469 e. The number of ether oxygens (including phenoxy) is 3. The van der Waals surface area contributed by atoms with E-state index in [0.717, 1.165) is 63.7 Å². The van der Waals surface area contributed by atoms with Gasteiger partial charge in [-0.3, -0.25) is 19.1 Å². The molecule has 46 heavy (non-hydrogen) atoms. The maximum absolute atomic E-state index is 11.8. The Hall–Kier alpha value is -1.84. The SMILES string of the molecule is CC.COC(=O)CCNSc1cc2c(cc1Cl)CCN2C(C)=O.COCCN(CCOC)Sc1cc2c(cc1Br)CCN2C(C)=O. The maximum atomic E-state index is 11.8.